The highest BCUT2D eigenvalue weighted by molar-refractivity contribution is 5.35. The Morgan fingerprint density at radius 1 is 1.39 bits per heavy atom. The highest BCUT2D eigenvalue weighted by Gasteiger charge is 2.20. The Balaban J connectivity index is 2.13. The van der Waals surface area contributed by atoms with Crippen molar-refractivity contribution < 1.29 is 9.84 Å². The van der Waals surface area contributed by atoms with Gasteiger partial charge in [0.15, 0.2) is 0 Å². The summed E-state index contributed by atoms with van der Waals surface area (Å²) in [4.78, 5) is 6.73. The maximum atomic E-state index is 9.43. The van der Waals surface area contributed by atoms with Gasteiger partial charge in [-0.25, -0.2) is 4.98 Å². The number of aliphatic hydroxyl groups excluding tert-OH is 1. The molecule has 1 aliphatic rings. The number of aryl methyl sites for hydroxylation is 2. The minimum atomic E-state index is -0.0128. The molecule has 0 radical (unpaired) electrons. The first kappa shape index (κ1) is 13.3. The summed E-state index contributed by atoms with van der Waals surface area (Å²) in [5.74, 6) is 0.615. The van der Waals surface area contributed by atoms with E-state index < -0.39 is 0 Å². The van der Waals surface area contributed by atoms with Crippen molar-refractivity contribution in [3.63, 3.8) is 0 Å². The molecule has 1 fully saturated rings. The van der Waals surface area contributed by atoms with Gasteiger partial charge in [0.2, 0.25) is 5.88 Å². The van der Waals surface area contributed by atoms with E-state index >= 15 is 0 Å². The molecule has 0 amide bonds. The molecule has 0 atom stereocenters. The van der Waals surface area contributed by atoms with Gasteiger partial charge in [-0.3, -0.25) is 0 Å². The first-order chi connectivity index (χ1) is 8.60. The summed E-state index contributed by atoms with van der Waals surface area (Å²) in [6.07, 6.45) is 2.27. The fourth-order valence-electron chi connectivity index (χ4n) is 2.38. The molecule has 1 aromatic heterocycles. The molecule has 0 spiro atoms. The SMILES string of the molecule is Cc1cc(C)c(CO)c(OC2CCN(C)CC2)n1. The van der Waals surface area contributed by atoms with E-state index in [9.17, 15) is 5.11 Å². The third-order valence-electron chi connectivity index (χ3n) is 3.54. The van der Waals surface area contributed by atoms with Crippen molar-refractivity contribution in [2.45, 2.75) is 39.4 Å². The van der Waals surface area contributed by atoms with Gasteiger partial charge >= 0.3 is 0 Å². The van der Waals surface area contributed by atoms with Crippen LogP contribution in [0.1, 0.15) is 29.7 Å². The molecular formula is C14H22N2O2. The van der Waals surface area contributed by atoms with Crippen LogP contribution in [-0.4, -0.2) is 41.2 Å². The van der Waals surface area contributed by atoms with Crippen molar-refractivity contribution in [2.75, 3.05) is 20.1 Å². The Morgan fingerprint density at radius 2 is 2.06 bits per heavy atom. The first-order valence-electron chi connectivity index (χ1n) is 6.53. The summed E-state index contributed by atoms with van der Waals surface area (Å²) in [5, 5.41) is 9.43. The second-order valence-corrected chi connectivity index (χ2v) is 5.14. The number of pyridine rings is 1. The Morgan fingerprint density at radius 3 is 2.67 bits per heavy atom. The predicted octanol–water partition coefficient (Wildman–Crippen LogP) is 1.66. The molecule has 4 nitrogen and oxygen atoms in total. The minimum absolute atomic E-state index is 0.0128. The van der Waals surface area contributed by atoms with Crippen molar-refractivity contribution in [2.24, 2.45) is 0 Å². The van der Waals surface area contributed by atoms with Gasteiger partial charge in [-0.15, -0.1) is 0 Å². The highest BCUT2D eigenvalue weighted by Crippen LogP contribution is 2.24. The van der Waals surface area contributed by atoms with Crippen LogP contribution in [0.4, 0.5) is 0 Å². The van der Waals surface area contributed by atoms with Gasteiger partial charge in [0.25, 0.3) is 0 Å². The van der Waals surface area contributed by atoms with Crippen LogP contribution in [0, 0.1) is 13.8 Å². The predicted molar refractivity (Wildman–Crippen MR) is 70.8 cm³/mol. The Kier molecular flexibility index (Phi) is 4.19. The van der Waals surface area contributed by atoms with E-state index in [1.807, 2.05) is 19.9 Å². The lowest BCUT2D eigenvalue weighted by molar-refractivity contribution is 0.106. The topological polar surface area (TPSA) is 45.6 Å². The zero-order chi connectivity index (χ0) is 13.1. The number of rotatable bonds is 3. The monoisotopic (exact) mass is 250 g/mol. The van der Waals surface area contributed by atoms with Crippen LogP contribution < -0.4 is 4.74 Å². The number of aromatic nitrogens is 1. The smallest absolute Gasteiger partial charge is 0.219 e. The van der Waals surface area contributed by atoms with Crippen molar-refractivity contribution >= 4 is 0 Å². The summed E-state index contributed by atoms with van der Waals surface area (Å²) >= 11 is 0. The molecule has 1 aliphatic heterocycles. The summed E-state index contributed by atoms with van der Waals surface area (Å²) in [6.45, 7) is 6.05. The molecule has 2 rings (SSSR count). The molecule has 4 heteroatoms. The number of aliphatic hydroxyl groups is 1. The van der Waals surface area contributed by atoms with Crippen LogP contribution in [0.3, 0.4) is 0 Å². The first-order valence-corrected chi connectivity index (χ1v) is 6.53. The zero-order valence-corrected chi connectivity index (χ0v) is 11.4. The number of likely N-dealkylation sites (tertiary alicyclic amines) is 1. The summed E-state index contributed by atoms with van der Waals surface area (Å²) < 4.78 is 5.99. The Hall–Kier alpha value is -1.13. The molecule has 2 heterocycles. The molecule has 1 N–H and O–H groups in total. The Bertz CT molecular complexity index is 413. The summed E-state index contributed by atoms with van der Waals surface area (Å²) in [7, 11) is 2.13. The average Bonchev–Trinajstić information content (AvgIpc) is 2.32. The molecule has 100 valence electrons. The van der Waals surface area contributed by atoms with Gasteiger partial charge in [0.1, 0.15) is 6.10 Å². The standard InChI is InChI=1S/C14H22N2O2/c1-10-8-11(2)15-14(13(10)9-17)18-12-4-6-16(3)7-5-12/h8,12,17H,4-7,9H2,1-3H3. The molecule has 0 aromatic carbocycles. The molecule has 0 unspecified atom stereocenters. The second-order valence-electron chi connectivity index (χ2n) is 5.14. The third-order valence-corrected chi connectivity index (χ3v) is 3.54. The normalized spacial score (nSPS) is 18.0. The van der Waals surface area contributed by atoms with E-state index in [1.54, 1.807) is 0 Å². The summed E-state index contributed by atoms with van der Waals surface area (Å²) in [5.41, 5.74) is 2.81. The quantitative estimate of drug-likeness (QED) is 0.886. The van der Waals surface area contributed by atoms with Crippen LogP contribution in [0.2, 0.25) is 0 Å². The maximum absolute atomic E-state index is 9.43. The fourth-order valence-corrected chi connectivity index (χ4v) is 2.38. The van der Waals surface area contributed by atoms with Gasteiger partial charge in [-0.05, 0) is 45.4 Å². The van der Waals surface area contributed by atoms with Crippen molar-refractivity contribution in [1.82, 2.24) is 9.88 Å². The van der Waals surface area contributed by atoms with Gasteiger partial charge in [-0.2, -0.15) is 0 Å². The van der Waals surface area contributed by atoms with Crippen LogP contribution in [-0.2, 0) is 6.61 Å². The summed E-state index contributed by atoms with van der Waals surface area (Å²) in [6, 6.07) is 1.98. The van der Waals surface area contributed by atoms with Crippen LogP contribution in [0.15, 0.2) is 6.07 Å². The highest BCUT2D eigenvalue weighted by atomic mass is 16.5. The number of hydrogen-bond acceptors (Lipinski definition) is 4. The van der Waals surface area contributed by atoms with E-state index in [0.717, 1.165) is 42.8 Å². The molecule has 0 saturated carbocycles. The molecule has 0 aliphatic carbocycles. The van der Waals surface area contributed by atoms with Crippen molar-refractivity contribution in [3.05, 3.63) is 22.9 Å². The molecule has 18 heavy (non-hydrogen) atoms. The lowest BCUT2D eigenvalue weighted by Crippen LogP contribution is -2.36. The second kappa shape index (κ2) is 5.67. The van der Waals surface area contributed by atoms with Gasteiger partial charge < -0.3 is 14.7 Å². The van der Waals surface area contributed by atoms with E-state index in [1.165, 1.54) is 0 Å². The third kappa shape index (κ3) is 3.00. The van der Waals surface area contributed by atoms with Gasteiger partial charge in [0, 0.05) is 24.3 Å². The van der Waals surface area contributed by atoms with Crippen LogP contribution >= 0.6 is 0 Å². The Labute approximate surface area is 109 Å². The fraction of sp³-hybridized carbons (Fsp3) is 0.643. The lowest BCUT2D eigenvalue weighted by atomic mass is 10.1. The molecule has 1 aromatic rings. The lowest BCUT2D eigenvalue weighted by Gasteiger charge is -2.29. The van der Waals surface area contributed by atoms with E-state index in [0.29, 0.717) is 5.88 Å². The number of nitrogens with zero attached hydrogens (tertiary/aromatic N) is 2. The van der Waals surface area contributed by atoms with Gasteiger partial charge in [-0.1, -0.05) is 0 Å². The van der Waals surface area contributed by atoms with E-state index in [2.05, 4.69) is 16.9 Å². The van der Waals surface area contributed by atoms with Crippen LogP contribution in [0.5, 0.6) is 5.88 Å². The largest absolute Gasteiger partial charge is 0.474 e. The maximum Gasteiger partial charge on any atom is 0.219 e. The molecule has 1 saturated heterocycles. The van der Waals surface area contributed by atoms with Crippen LogP contribution in [0.25, 0.3) is 0 Å². The van der Waals surface area contributed by atoms with Crippen molar-refractivity contribution in [3.8, 4) is 5.88 Å². The molecule has 0 bridgehead atoms. The van der Waals surface area contributed by atoms with Crippen molar-refractivity contribution in [1.29, 1.82) is 0 Å². The zero-order valence-electron chi connectivity index (χ0n) is 11.4. The molecular weight excluding hydrogens is 228 g/mol. The van der Waals surface area contributed by atoms with E-state index in [4.69, 9.17) is 4.74 Å². The average molecular weight is 250 g/mol. The van der Waals surface area contributed by atoms with Gasteiger partial charge in [0.05, 0.1) is 6.61 Å². The number of ether oxygens (including phenoxy) is 1. The minimum Gasteiger partial charge on any atom is -0.474 e. The van der Waals surface area contributed by atoms with E-state index in [-0.39, 0.29) is 12.7 Å². The number of hydrogen-bond donors (Lipinski definition) is 1. The number of piperidine rings is 1.